The van der Waals surface area contributed by atoms with Gasteiger partial charge < -0.3 is 10.2 Å². The number of hydrogen-bond acceptors (Lipinski definition) is 2. The molecule has 1 aliphatic carbocycles. The topological polar surface area (TPSA) is 39.2 Å². The molecule has 0 fully saturated rings. The summed E-state index contributed by atoms with van der Waals surface area (Å²) in [7, 11) is 0. The predicted molar refractivity (Wildman–Crippen MR) is 77.4 cm³/mol. The lowest BCUT2D eigenvalue weighted by molar-refractivity contribution is 0.498. The van der Waals surface area contributed by atoms with Crippen molar-refractivity contribution >= 4 is 0 Å². The minimum atomic E-state index is -0.0802. The third-order valence-electron chi connectivity index (χ3n) is 4.41. The van der Waals surface area contributed by atoms with E-state index in [2.05, 4.69) is 25.1 Å². The highest BCUT2D eigenvalue weighted by atomic mass is 16.3. The van der Waals surface area contributed by atoms with Crippen LogP contribution in [0.15, 0.2) is 22.6 Å². The molecular weight excluding hydrogens is 234 g/mol. The van der Waals surface area contributed by atoms with Gasteiger partial charge in [-0.05, 0) is 62.3 Å². The first-order chi connectivity index (χ1) is 9.08. The number of nitrogens with two attached hydrogens (primary N) is 1. The molecule has 1 aliphatic rings. The van der Waals surface area contributed by atoms with Gasteiger partial charge in [0.05, 0.1) is 6.04 Å². The molecule has 0 amide bonds. The fraction of sp³-hybridized carbons (Fsp3) is 0.412. The van der Waals surface area contributed by atoms with Crippen LogP contribution in [0.5, 0.6) is 0 Å². The van der Waals surface area contributed by atoms with Crippen molar-refractivity contribution < 1.29 is 4.42 Å². The highest BCUT2D eigenvalue weighted by molar-refractivity contribution is 5.43. The Morgan fingerprint density at radius 3 is 2.47 bits per heavy atom. The summed E-state index contributed by atoms with van der Waals surface area (Å²) < 4.78 is 5.70. The number of benzene rings is 1. The first-order valence-electron chi connectivity index (χ1n) is 7.01. The van der Waals surface area contributed by atoms with Crippen molar-refractivity contribution in [2.45, 2.75) is 46.1 Å². The summed E-state index contributed by atoms with van der Waals surface area (Å²) >= 11 is 0. The highest BCUT2D eigenvalue weighted by Gasteiger charge is 2.21. The first-order valence-corrected chi connectivity index (χ1v) is 7.01. The van der Waals surface area contributed by atoms with Crippen molar-refractivity contribution in [2.24, 2.45) is 5.73 Å². The minimum absolute atomic E-state index is 0.0802. The molecule has 1 atom stereocenters. The van der Waals surface area contributed by atoms with E-state index in [-0.39, 0.29) is 6.04 Å². The largest absolute Gasteiger partial charge is 0.466 e. The van der Waals surface area contributed by atoms with Crippen LogP contribution in [0.1, 0.15) is 51.8 Å². The summed E-state index contributed by atoms with van der Waals surface area (Å²) in [6.07, 6.45) is 3.68. The Bertz CT molecular complexity index is 624. The van der Waals surface area contributed by atoms with Gasteiger partial charge in [-0.3, -0.25) is 0 Å². The zero-order chi connectivity index (χ0) is 13.6. The van der Waals surface area contributed by atoms with E-state index in [1.165, 1.54) is 41.5 Å². The van der Waals surface area contributed by atoms with Gasteiger partial charge in [-0.1, -0.05) is 18.2 Å². The van der Waals surface area contributed by atoms with E-state index in [1.807, 2.05) is 13.8 Å². The maximum Gasteiger partial charge on any atom is 0.106 e. The van der Waals surface area contributed by atoms with E-state index in [0.717, 1.165) is 17.1 Å². The Balaban J connectivity index is 2.02. The molecular formula is C17H21NO. The number of aryl methyl sites for hydroxylation is 4. The Hall–Kier alpha value is -1.54. The number of fused-ring (bicyclic) bond motifs is 1. The van der Waals surface area contributed by atoms with Crippen molar-refractivity contribution in [1.82, 2.24) is 0 Å². The van der Waals surface area contributed by atoms with Crippen LogP contribution in [0.4, 0.5) is 0 Å². The van der Waals surface area contributed by atoms with Gasteiger partial charge in [0, 0.05) is 5.56 Å². The van der Waals surface area contributed by atoms with Crippen LogP contribution in [-0.2, 0) is 12.8 Å². The van der Waals surface area contributed by atoms with Crippen LogP contribution in [0.25, 0.3) is 0 Å². The molecule has 0 saturated heterocycles. The standard InChI is InChI=1S/C17H21NO/c1-10-11(2)19-12(3)16(10)17(18)15-8-7-13-5-4-6-14(13)9-15/h7-9,17H,4-6,18H2,1-3H3. The lowest BCUT2D eigenvalue weighted by Gasteiger charge is -2.14. The summed E-state index contributed by atoms with van der Waals surface area (Å²) in [5.74, 6) is 1.92. The summed E-state index contributed by atoms with van der Waals surface area (Å²) in [6.45, 7) is 6.10. The van der Waals surface area contributed by atoms with Crippen molar-refractivity contribution in [3.63, 3.8) is 0 Å². The van der Waals surface area contributed by atoms with Crippen molar-refractivity contribution in [1.29, 1.82) is 0 Å². The van der Waals surface area contributed by atoms with Crippen LogP contribution >= 0.6 is 0 Å². The van der Waals surface area contributed by atoms with Gasteiger partial charge in [0.2, 0.25) is 0 Å². The van der Waals surface area contributed by atoms with Crippen LogP contribution < -0.4 is 5.73 Å². The van der Waals surface area contributed by atoms with Crippen LogP contribution in [0.3, 0.4) is 0 Å². The quantitative estimate of drug-likeness (QED) is 0.887. The number of hydrogen-bond donors (Lipinski definition) is 1. The third kappa shape index (κ3) is 2.00. The molecule has 1 heterocycles. The van der Waals surface area contributed by atoms with Gasteiger partial charge in [0.25, 0.3) is 0 Å². The van der Waals surface area contributed by atoms with E-state index in [1.54, 1.807) is 0 Å². The van der Waals surface area contributed by atoms with E-state index < -0.39 is 0 Å². The minimum Gasteiger partial charge on any atom is -0.466 e. The Kier molecular flexibility index (Phi) is 2.98. The molecule has 2 N–H and O–H groups in total. The molecule has 1 aromatic heterocycles. The molecule has 0 saturated carbocycles. The van der Waals surface area contributed by atoms with Gasteiger partial charge in [-0.2, -0.15) is 0 Å². The van der Waals surface area contributed by atoms with E-state index >= 15 is 0 Å². The molecule has 0 bridgehead atoms. The predicted octanol–water partition coefficient (Wildman–Crippen LogP) is 3.74. The summed E-state index contributed by atoms with van der Waals surface area (Å²) in [6, 6.07) is 6.63. The zero-order valence-electron chi connectivity index (χ0n) is 11.9. The molecule has 1 aromatic carbocycles. The molecule has 100 valence electrons. The fourth-order valence-corrected chi connectivity index (χ4v) is 3.22. The zero-order valence-corrected chi connectivity index (χ0v) is 11.9. The van der Waals surface area contributed by atoms with Gasteiger partial charge in [-0.15, -0.1) is 0 Å². The van der Waals surface area contributed by atoms with Crippen LogP contribution in [0, 0.1) is 20.8 Å². The molecule has 0 radical (unpaired) electrons. The molecule has 2 nitrogen and oxygen atoms in total. The molecule has 3 rings (SSSR count). The lowest BCUT2D eigenvalue weighted by atomic mass is 9.94. The second-order valence-corrected chi connectivity index (χ2v) is 5.61. The molecule has 0 spiro atoms. The first kappa shape index (κ1) is 12.5. The summed E-state index contributed by atoms with van der Waals surface area (Å²) in [4.78, 5) is 0. The van der Waals surface area contributed by atoms with Gasteiger partial charge in [0.15, 0.2) is 0 Å². The van der Waals surface area contributed by atoms with Gasteiger partial charge in [0.1, 0.15) is 11.5 Å². The average Bonchev–Trinajstić information content (AvgIpc) is 2.94. The lowest BCUT2D eigenvalue weighted by Crippen LogP contribution is -2.13. The van der Waals surface area contributed by atoms with Gasteiger partial charge >= 0.3 is 0 Å². The monoisotopic (exact) mass is 255 g/mol. The highest BCUT2D eigenvalue weighted by Crippen LogP contribution is 2.32. The molecule has 19 heavy (non-hydrogen) atoms. The van der Waals surface area contributed by atoms with E-state index in [4.69, 9.17) is 10.2 Å². The van der Waals surface area contributed by atoms with Crippen LogP contribution in [-0.4, -0.2) is 0 Å². The van der Waals surface area contributed by atoms with E-state index in [9.17, 15) is 0 Å². The molecule has 2 heteroatoms. The summed E-state index contributed by atoms with van der Waals surface area (Å²) in [5, 5.41) is 0. The maximum atomic E-state index is 6.47. The molecule has 0 aliphatic heterocycles. The van der Waals surface area contributed by atoms with Gasteiger partial charge in [-0.25, -0.2) is 0 Å². The average molecular weight is 255 g/mol. The van der Waals surface area contributed by atoms with Crippen molar-refractivity contribution in [3.05, 3.63) is 57.5 Å². The summed E-state index contributed by atoms with van der Waals surface area (Å²) in [5.41, 5.74) is 13.0. The Labute approximate surface area is 114 Å². The Morgan fingerprint density at radius 1 is 1.05 bits per heavy atom. The van der Waals surface area contributed by atoms with Crippen LogP contribution in [0.2, 0.25) is 0 Å². The third-order valence-corrected chi connectivity index (χ3v) is 4.41. The second kappa shape index (κ2) is 4.53. The second-order valence-electron chi connectivity index (χ2n) is 5.61. The fourth-order valence-electron chi connectivity index (χ4n) is 3.22. The molecule has 2 aromatic rings. The van der Waals surface area contributed by atoms with E-state index in [0.29, 0.717) is 0 Å². The normalized spacial score (nSPS) is 15.6. The van der Waals surface area contributed by atoms with Crippen molar-refractivity contribution in [3.8, 4) is 0 Å². The van der Waals surface area contributed by atoms with Crippen molar-refractivity contribution in [2.75, 3.05) is 0 Å². The Morgan fingerprint density at radius 2 is 1.79 bits per heavy atom. The number of furan rings is 1. The maximum absolute atomic E-state index is 6.47. The SMILES string of the molecule is Cc1oc(C)c(C(N)c2ccc3c(c2)CCC3)c1C. The number of rotatable bonds is 2. The molecule has 1 unspecified atom stereocenters. The smallest absolute Gasteiger partial charge is 0.106 e.